The number of benzene rings is 2. The molecule has 0 bridgehead atoms. The Labute approximate surface area is 214 Å². The summed E-state index contributed by atoms with van der Waals surface area (Å²) in [5.74, 6) is 0.687. The van der Waals surface area contributed by atoms with Gasteiger partial charge in [-0.3, -0.25) is 14.2 Å². The zero-order valence-electron chi connectivity index (χ0n) is 19.4. The third-order valence-corrected chi connectivity index (χ3v) is 6.78. The number of fused-ring (bicyclic) bond motifs is 1. The minimum atomic E-state index is -0.449. The van der Waals surface area contributed by atoms with Crippen LogP contribution in [-0.4, -0.2) is 35.4 Å². The molecule has 1 amide bonds. The maximum atomic E-state index is 13.2. The number of amides is 1. The first-order chi connectivity index (χ1) is 16.9. The fraction of sp³-hybridized carbons (Fsp3) is 0.200. The van der Waals surface area contributed by atoms with Crippen LogP contribution in [0.3, 0.4) is 0 Å². The molecule has 10 heteroatoms. The Morgan fingerprint density at radius 1 is 1.29 bits per heavy atom. The first-order valence-electron chi connectivity index (χ1n) is 10.8. The number of hydrogen-bond donors (Lipinski definition) is 1. The number of aryl methyl sites for hydroxylation is 1. The third-order valence-electron chi connectivity index (χ3n) is 5.17. The van der Waals surface area contributed by atoms with Crippen molar-refractivity contribution in [2.24, 2.45) is 5.10 Å². The van der Waals surface area contributed by atoms with Gasteiger partial charge >= 0.3 is 0 Å². The molecule has 180 valence electrons. The molecule has 8 nitrogen and oxygen atoms in total. The standard InChI is InChI=1S/C25H23BrN4O4S/c1-4-34-23-18(26)10-16(11-19(23)33-3)12-28-29-20(31)13-30-14-27-24-22(25(30)32)21(15(2)35-24)17-8-6-5-7-9-17/h5-12,14H,4,13H2,1-3H3,(H,29,31)/b28-12+. The number of carbonyl (C=O) groups is 1. The fourth-order valence-electron chi connectivity index (χ4n) is 3.67. The lowest BCUT2D eigenvalue weighted by molar-refractivity contribution is -0.121. The second-order valence-corrected chi connectivity index (χ2v) is 9.57. The van der Waals surface area contributed by atoms with Crippen LogP contribution in [0.15, 0.2) is 63.2 Å². The van der Waals surface area contributed by atoms with Crippen LogP contribution < -0.4 is 20.5 Å². The highest BCUT2D eigenvalue weighted by Gasteiger charge is 2.17. The van der Waals surface area contributed by atoms with E-state index in [0.717, 1.165) is 16.0 Å². The molecule has 0 spiro atoms. The van der Waals surface area contributed by atoms with Crippen molar-refractivity contribution in [1.82, 2.24) is 15.0 Å². The molecule has 2 aromatic carbocycles. The molecule has 0 saturated heterocycles. The summed E-state index contributed by atoms with van der Waals surface area (Å²) in [6.45, 7) is 4.14. The maximum absolute atomic E-state index is 13.2. The molecular formula is C25H23BrN4O4S. The molecular weight excluding hydrogens is 532 g/mol. The largest absolute Gasteiger partial charge is 0.493 e. The second kappa shape index (κ2) is 10.8. The van der Waals surface area contributed by atoms with Gasteiger partial charge in [0.05, 0.1) is 36.1 Å². The van der Waals surface area contributed by atoms with E-state index in [4.69, 9.17) is 9.47 Å². The average molecular weight is 555 g/mol. The highest BCUT2D eigenvalue weighted by Crippen LogP contribution is 2.36. The molecule has 2 aromatic heterocycles. The van der Waals surface area contributed by atoms with Gasteiger partial charge in [0.15, 0.2) is 11.5 Å². The lowest BCUT2D eigenvalue weighted by Gasteiger charge is -2.12. The lowest BCUT2D eigenvalue weighted by Crippen LogP contribution is -2.30. The van der Waals surface area contributed by atoms with Gasteiger partial charge in [-0.2, -0.15) is 5.10 Å². The van der Waals surface area contributed by atoms with E-state index in [1.807, 2.05) is 44.2 Å². The van der Waals surface area contributed by atoms with Crippen molar-refractivity contribution in [2.45, 2.75) is 20.4 Å². The van der Waals surface area contributed by atoms with E-state index in [-0.39, 0.29) is 12.1 Å². The number of ether oxygens (including phenoxy) is 2. The second-order valence-electron chi connectivity index (χ2n) is 7.52. The van der Waals surface area contributed by atoms with Crippen molar-refractivity contribution in [2.75, 3.05) is 13.7 Å². The summed E-state index contributed by atoms with van der Waals surface area (Å²) in [7, 11) is 1.55. The predicted octanol–water partition coefficient (Wildman–Crippen LogP) is 4.75. The minimum Gasteiger partial charge on any atom is -0.493 e. The smallest absolute Gasteiger partial charge is 0.263 e. The number of aromatic nitrogens is 2. The van der Waals surface area contributed by atoms with Crippen molar-refractivity contribution in [3.05, 3.63) is 74.1 Å². The van der Waals surface area contributed by atoms with Crippen LogP contribution in [0.4, 0.5) is 0 Å². The summed E-state index contributed by atoms with van der Waals surface area (Å²) < 4.78 is 12.9. The van der Waals surface area contributed by atoms with Crippen molar-refractivity contribution < 1.29 is 14.3 Å². The van der Waals surface area contributed by atoms with Gasteiger partial charge in [-0.05, 0) is 53.0 Å². The Hall–Kier alpha value is -3.50. The van der Waals surface area contributed by atoms with Crippen molar-refractivity contribution in [3.8, 4) is 22.6 Å². The monoisotopic (exact) mass is 554 g/mol. The quantitative estimate of drug-likeness (QED) is 0.250. The lowest BCUT2D eigenvalue weighted by atomic mass is 10.0. The van der Waals surface area contributed by atoms with Gasteiger partial charge in [0.1, 0.15) is 11.4 Å². The predicted molar refractivity (Wildman–Crippen MR) is 142 cm³/mol. The topological polar surface area (TPSA) is 94.8 Å². The van der Waals surface area contributed by atoms with Gasteiger partial charge in [-0.1, -0.05) is 30.3 Å². The summed E-state index contributed by atoms with van der Waals surface area (Å²) in [5, 5.41) is 4.53. The van der Waals surface area contributed by atoms with E-state index in [9.17, 15) is 9.59 Å². The minimum absolute atomic E-state index is 0.210. The summed E-state index contributed by atoms with van der Waals surface area (Å²) in [4.78, 5) is 31.8. The van der Waals surface area contributed by atoms with Gasteiger partial charge in [-0.15, -0.1) is 11.3 Å². The normalized spacial score (nSPS) is 11.2. The molecule has 0 radical (unpaired) electrons. The number of thiophene rings is 1. The van der Waals surface area contributed by atoms with Crippen molar-refractivity contribution in [1.29, 1.82) is 0 Å². The molecule has 4 aromatic rings. The molecule has 4 rings (SSSR count). The van der Waals surface area contributed by atoms with Crippen LogP contribution in [0, 0.1) is 6.92 Å². The Morgan fingerprint density at radius 3 is 2.77 bits per heavy atom. The van der Waals surface area contributed by atoms with Crippen LogP contribution in [0.5, 0.6) is 11.5 Å². The van der Waals surface area contributed by atoms with E-state index < -0.39 is 5.91 Å². The molecule has 0 aliphatic carbocycles. The van der Waals surface area contributed by atoms with Crippen LogP contribution in [0.1, 0.15) is 17.4 Å². The molecule has 0 saturated carbocycles. The Morgan fingerprint density at radius 2 is 2.06 bits per heavy atom. The van der Waals surface area contributed by atoms with E-state index in [1.54, 1.807) is 19.2 Å². The fourth-order valence-corrected chi connectivity index (χ4v) is 5.25. The number of nitrogens with zero attached hydrogens (tertiary/aromatic N) is 3. The average Bonchev–Trinajstić information content (AvgIpc) is 3.19. The zero-order chi connectivity index (χ0) is 24.9. The molecule has 0 unspecified atom stereocenters. The molecule has 0 aliphatic rings. The molecule has 35 heavy (non-hydrogen) atoms. The summed E-state index contributed by atoms with van der Waals surface area (Å²) in [5.41, 5.74) is 4.68. The van der Waals surface area contributed by atoms with Crippen molar-refractivity contribution in [3.63, 3.8) is 0 Å². The first-order valence-corrected chi connectivity index (χ1v) is 12.4. The number of halogens is 1. The van der Waals surface area contributed by atoms with Crippen LogP contribution >= 0.6 is 27.3 Å². The summed E-state index contributed by atoms with van der Waals surface area (Å²) >= 11 is 4.92. The molecule has 2 heterocycles. The van der Waals surface area contributed by atoms with Gasteiger partial charge in [-0.25, -0.2) is 10.4 Å². The Kier molecular flexibility index (Phi) is 7.62. The SMILES string of the molecule is CCOc1c(Br)cc(/C=N/NC(=O)Cn2cnc3sc(C)c(-c4ccccc4)c3c2=O)cc1OC. The Bertz CT molecular complexity index is 1460. The highest BCUT2D eigenvalue weighted by atomic mass is 79.9. The van der Waals surface area contributed by atoms with Crippen LogP contribution in [0.25, 0.3) is 21.3 Å². The first kappa shape index (κ1) is 24.6. The van der Waals surface area contributed by atoms with Gasteiger partial charge in [0.2, 0.25) is 0 Å². The number of hydrazone groups is 1. The summed E-state index contributed by atoms with van der Waals surface area (Å²) in [6, 6.07) is 13.3. The van der Waals surface area contributed by atoms with Gasteiger partial charge in [0.25, 0.3) is 11.5 Å². The maximum Gasteiger partial charge on any atom is 0.263 e. The number of rotatable bonds is 8. The molecule has 0 aliphatic heterocycles. The molecule has 0 fully saturated rings. The summed E-state index contributed by atoms with van der Waals surface area (Å²) in [6.07, 6.45) is 2.88. The molecule has 0 atom stereocenters. The highest BCUT2D eigenvalue weighted by molar-refractivity contribution is 9.10. The third kappa shape index (κ3) is 5.28. The zero-order valence-corrected chi connectivity index (χ0v) is 21.8. The van der Waals surface area contributed by atoms with Gasteiger partial charge in [0, 0.05) is 10.4 Å². The van der Waals surface area contributed by atoms with E-state index >= 15 is 0 Å². The van der Waals surface area contributed by atoms with E-state index in [2.05, 4.69) is 31.4 Å². The van der Waals surface area contributed by atoms with Crippen molar-refractivity contribution >= 4 is 49.6 Å². The van der Waals surface area contributed by atoms with Crippen LogP contribution in [0.2, 0.25) is 0 Å². The van der Waals surface area contributed by atoms with Gasteiger partial charge < -0.3 is 9.47 Å². The Balaban J connectivity index is 1.53. The number of carbonyl (C=O) groups excluding carboxylic acids is 1. The van der Waals surface area contributed by atoms with Crippen LogP contribution in [-0.2, 0) is 11.3 Å². The number of methoxy groups -OCH3 is 1. The van der Waals surface area contributed by atoms with E-state index in [0.29, 0.717) is 38.4 Å². The number of nitrogens with one attached hydrogen (secondary N) is 1. The number of hydrogen-bond acceptors (Lipinski definition) is 7. The molecule has 1 N–H and O–H groups in total. The van der Waals surface area contributed by atoms with E-state index in [1.165, 1.54) is 28.4 Å².